The van der Waals surface area contributed by atoms with Crippen molar-refractivity contribution in [3.8, 4) is 5.75 Å². The maximum Gasteiger partial charge on any atom is 0.262 e. The zero-order valence-electron chi connectivity index (χ0n) is 15.2. The number of aryl methyl sites for hydroxylation is 1. The van der Waals surface area contributed by atoms with Gasteiger partial charge < -0.3 is 10.1 Å². The summed E-state index contributed by atoms with van der Waals surface area (Å²) in [6.07, 6.45) is 1.70. The molecule has 1 heterocycles. The predicted octanol–water partition coefficient (Wildman–Crippen LogP) is 3.08. The number of ether oxygens (including phenoxy) is 1. The van der Waals surface area contributed by atoms with E-state index in [1.165, 1.54) is 22.5 Å². The van der Waals surface area contributed by atoms with Gasteiger partial charge in [-0.15, -0.1) is 0 Å². The first kappa shape index (κ1) is 20.2. The van der Waals surface area contributed by atoms with Gasteiger partial charge in [0.05, 0.1) is 10.6 Å². The molecule has 0 radical (unpaired) electrons. The van der Waals surface area contributed by atoms with E-state index >= 15 is 0 Å². The van der Waals surface area contributed by atoms with E-state index in [0.717, 1.165) is 25.0 Å². The van der Waals surface area contributed by atoms with Crippen LogP contribution in [0.25, 0.3) is 0 Å². The number of carbonyl (C=O) groups is 1. The molecule has 0 saturated carbocycles. The first-order valence-corrected chi connectivity index (χ1v) is 10.2. The number of amides is 1. The molecule has 9 heteroatoms. The number of nitrogens with one attached hydrogen (secondary N) is 1. The predicted molar refractivity (Wildman–Crippen MR) is 99.7 cm³/mol. The Balaban J connectivity index is 1.64. The minimum Gasteiger partial charge on any atom is -0.483 e. The molecule has 0 unspecified atom stereocenters. The van der Waals surface area contributed by atoms with Gasteiger partial charge in [0.15, 0.2) is 6.61 Å². The summed E-state index contributed by atoms with van der Waals surface area (Å²) >= 11 is 0. The first-order chi connectivity index (χ1) is 13.3. The minimum atomic E-state index is -3.53. The van der Waals surface area contributed by atoms with Crippen molar-refractivity contribution < 1.29 is 26.7 Å². The van der Waals surface area contributed by atoms with Crippen LogP contribution in [0.2, 0.25) is 0 Å². The zero-order chi connectivity index (χ0) is 20.3. The van der Waals surface area contributed by atoms with E-state index in [0.29, 0.717) is 30.5 Å². The monoisotopic (exact) mass is 410 g/mol. The SMILES string of the molecule is Cc1cc(S(=O)(=O)N2CCCC2)ccc1OCC(=O)Nc1ccc(F)cc1F. The average molecular weight is 410 g/mol. The smallest absolute Gasteiger partial charge is 0.262 e. The molecule has 28 heavy (non-hydrogen) atoms. The normalized spacial score (nSPS) is 14.8. The molecule has 150 valence electrons. The molecular formula is C19H20F2N2O4S. The molecule has 0 aliphatic carbocycles. The second-order valence-electron chi connectivity index (χ2n) is 6.50. The standard InChI is InChI=1S/C19H20F2N2O4S/c1-13-10-15(28(25,26)23-8-2-3-9-23)5-7-18(13)27-12-19(24)22-17-6-4-14(20)11-16(17)21/h4-7,10-11H,2-3,8-9,12H2,1H3,(H,22,24). The van der Waals surface area contributed by atoms with Gasteiger partial charge in [0, 0.05) is 19.2 Å². The van der Waals surface area contributed by atoms with Gasteiger partial charge in [0.2, 0.25) is 10.0 Å². The molecule has 1 saturated heterocycles. The van der Waals surface area contributed by atoms with Crippen molar-refractivity contribution in [2.24, 2.45) is 0 Å². The number of benzene rings is 2. The minimum absolute atomic E-state index is 0.154. The van der Waals surface area contributed by atoms with Crippen molar-refractivity contribution in [3.63, 3.8) is 0 Å². The highest BCUT2D eigenvalue weighted by Gasteiger charge is 2.27. The van der Waals surface area contributed by atoms with E-state index in [-0.39, 0.29) is 10.6 Å². The first-order valence-electron chi connectivity index (χ1n) is 8.76. The number of halogens is 2. The number of rotatable bonds is 6. The topological polar surface area (TPSA) is 75.7 Å². The number of sulfonamides is 1. The Hall–Kier alpha value is -2.52. The highest BCUT2D eigenvalue weighted by atomic mass is 32.2. The van der Waals surface area contributed by atoms with E-state index in [9.17, 15) is 22.0 Å². The third-order valence-electron chi connectivity index (χ3n) is 4.41. The van der Waals surface area contributed by atoms with Crippen LogP contribution in [0, 0.1) is 18.6 Å². The maximum atomic E-state index is 13.6. The van der Waals surface area contributed by atoms with Gasteiger partial charge in [-0.3, -0.25) is 4.79 Å². The molecule has 0 spiro atoms. The number of hydrogen-bond acceptors (Lipinski definition) is 4. The molecule has 0 bridgehead atoms. The third kappa shape index (κ3) is 4.48. The van der Waals surface area contributed by atoms with Crippen molar-refractivity contribution in [3.05, 3.63) is 53.6 Å². The lowest BCUT2D eigenvalue weighted by atomic mass is 10.2. The fraction of sp³-hybridized carbons (Fsp3) is 0.316. The summed E-state index contributed by atoms with van der Waals surface area (Å²) in [5.74, 6) is -1.92. The van der Waals surface area contributed by atoms with Crippen molar-refractivity contribution >= 4 is 21.6 Å². The van der Waals surface area contributed by atoms with Crippen molar-refractivity contribution in [1.29, 1.82) is 0 Å². The molecule has 3 rings (SSSR count). The lowest BCUT2D eigenvalue weighted by Gasteiger charge is -2.17. The van der Waals surface area contributed by atoms with Gasteiger partial charge in [0.1, 0.15) is 17.4 Å². The Morgan fingerprint density at radius 1 is 1.14 bits per heavy atom. The summed E-state index contributed by atoms with van der Waals surface area (Å²) in [6, 6.07) is 7.24. The maximum absolute atomic E-state index is 13.6. The Morgan fingerprint density at radius 2 is 1.86 bits per heavy atom. The fourth-order valence-corrected chi connectivity index (χ4v) is 4.55. The van der Waals surface area contributed by atoms with Crippen LogP contribution in [0.15, 0.2) is 41.3 Å². The van der Waals surface area contributed by atoms with Crippen LogP contribution in [-0.2, 0) is 14.8 Å². The van der Waals surface area contributed by atoms with Gasteiger partial charge in [-0.05, 0) is 55.7 Å². The molecule has 2 aromatic carbocycles. The van der Waals surface area contributed by atoms with Gasteiger partial charge in [-0.25, -0.2) is 17.2 Å². The van der Waals surface area contributed by atoms with Crippen LogP contribution in [0.5, 0.6) is 5.75 Å². The summed E-state index contributed by atoms with van der Waals surface area (Å²) in [7, 11) is -3.53. The second kappa shape index (κ2) is 8.24. The van der Waals surface area contributed by atoms with Crippen LogP contribution >= 0.6 is 0 Å². The number of hydrogen-bond donors (Lipinski definition) is 1. The molecule has 1 aliphatic rings. The summed E-state index contributed by atoms with van der Waals surface area (Å²) < 4.78 is 58.5. The zero-order valence-corrected chi connectivity index (χ0v) is 16.1. The van der Waals surface area contributed by atoms with Gasteiger partial charge in [-0.2, -0.15) is 4.31 Å². The molecule has 0 atom stereocenters. The van der Waals surface area contributed by atoms with Crippen LogP contribution < -0.4 is 10.1 Å². The lowest BCUT2D eigenvalue weighted by molar-refractivity contribution is -0.118. The van der Waals surface area contributed by atoms with Gasteiger partial charge in [0.25, 0.3) is 5.91 Å². The average Bonchev–Trinajstić information content (AvgIpc) is 3.18. The largest absolute Gasteiger partial charge is 0.483 e. The van der Waals surface area contributed by atoms with E-state index in [1.807, 2.05) is 0 Å². The Bertz CT molecular complexity index is 989. The number of nitrogens with zero attached hydrogens (tertiary/aromatic N) is 1. The molecule has 1 N–H and O–H groups in total. The van der Waals surface area contributed by atoms with E-state index < -0.39 is 34.2 Å². The van der Waals surface area contributed by atoms with Crippen LogP contribution in [0.4, 0.5) is 14.5 Å². The Kier molecular flexibility index (Phi) is 5.95. The summed E-state index contributed by atoms with van der Waals surface area (Å²) in [4.78, 5) is 12.1. The molecule has 1 aliphatic heterocycles. The van der Waals surface area contributed by atoms with Crippen LogP contribution in [-0.4, -0.2) is 38.3 Å². The van der Waals surface area contributed by atoms with Crippen molar-refractivity contribution in [1.82, 2.24) is 4.31 Å². The highest BCUT2D eigenvalue weighted by molar-refractivity contribution is 7.89. The summed E-state index contributed by atoms with van der Waals surface area (Å²) in [5, 5.41) is 2.29. The number of anilines is 1. The van der Waals surface area contributed by atoms with Crippen molar-refractivity contribution in [2.45, 2.75) is 24.7 Å². The highest BCUT2D eigenvalue weighted by Crippen LogP contribution is 2.26. The van der Waals surface area contributed by atoms with E-state index in [2.05, 4.69) is 5.32 Å². The Morgan fingerprint density at radius 3 is 2.50 bits per heavy atom. The summed E-state index contributed by atoms with van der Waals surface area (Å²) in [5.41, 5.74) is 0.403. The van der Waals surface area contributed by atoms with E-state index in [4.69, 9.17) is 4.74 Å². The second-order valence-corrected chi connectivity index (χ2v) is 8.44. The quantitative estimate of drug-likeness (QED) is 0.794. The Labute approximate surface area is 162 Å². The molecule has 0 aromatic heterocycles. The van der Waals surface area contributed by atoms with Crippen LogP contribution in [0.1, 0.15) is 18.4 Å². The van der Waals surface area contributed by atoms with Gasteiger partial charge >= 0.3 is 0 Å². The molecule has 6 nitrogen and oxygen atoms in total. The van der Waals surface area contributed by atoms with E-state index in [1.54, 1.807) is 6.92 Å². The lowest BCUT2D eigenvalue weighted by Crippen LogP contribution is -2.28. The molecule has 1 fully saturated rings. The molecule has 2 aromatic rings. The molecule has 1 amide bonds. The van der Waals surface area contributed by atoms with Crippen LogP contribution in [0.3, 0.4) is 0 Å². The van der Waals surface area contributed by atoms with Crippen molar-refractivity contribution in [2.75, 3.05) is 25.0 Å². The molecular weight excluding hydrogens is 390 g/mol. The third-order valence-corrected chi connectivity index (χ3v) is 6.31. The number of carbonyl (C=O) groups excluding carboxylic acids is 1. The summed E-state index contributed by atoms with van der Waals surface area (Å²) in [6.45, 7) is 2.30. The fourth-order valence-electron chi connectivity index (χ4n) is 2.94. The van der Waals surface area contributed by atoms with Gasteiger partial charge in [-0.1, -0.05) is 0 Å².